The first-order valence-electron chi connectivity index (χ1n) is 6.46. The number of phenolic OH excluding ortho intramolecular Hbond substituents is 1. The van der Waals surface area contributed by atoms with Crippen LogP contribution in [0.4, 0.5) is 5.69 Å². The molecule has 1 aromatic rings. The normalized spacial score (nSPS) is 11.3. The summed E-state index contributed by atoms with van der Waals surface area (Å²) in [6, 6.07) is 4.66. The Kier molecular flexibility index (Phi) is 5.18. The van der Waals surface area contributed by atoms with Gasteiger partial charge < -0.3 is 21.3 Å². The van der Waals surface area contributed by atoms with E-state index in [4.69, 9.17) is 5.73 Å². The second-order valence-corrected chi connectivity index (χ2v) is 4.79. The predicted molar refractivity (Wildman–Crippen MR) is 75.0 cm³/mol. The molecule has 0 spiro atoms. The summed E-state index contributed by atoms with van der Waals surface area (Å²) in [5.41, 5.74) is 5.56. The third kappa shape index (κ3) is 3.38. The van der Waals surface area contributed by atoms with E-state index in [0.717, 1.165) is 12.8 Å². The first kappa shape index (κ1) is 15.3. The molecule has 0 saturated heterocycles. The average Bonchev–Trinajstić information content (AvgIpc) is 2.44. The van der Waals surface area contributed by atoms with Crippen LogP contribution in [0.5, 0.6) is 5.75 Å². The molecule has 0 atom stereocenters. The van der Waals surface area contributed by atoms with Gasteiger partial charge in [-0.25, -0.2) is 0 Å². The number of benzene rings is 1. The number of hydrogen-bond donors (Lipinski definition) is 4. The van der Waals surface area contributed by atoms with Crippen molar-refractivity contribution >= 4 is 11.6 Å². The van der Waals surface area contributed by atoms with E-state index < -0.39 is 0 Å². The number of rotatable bonds is 6. The third-order valence-corrected chi connectivity index (χ3v) is 3.77. The van der Waals surface area contributed by atoms with Gasteiger partial charge in [0.2, 0.25) is 0 Å². The standard InChI is InChI=1S/C14H22N2O3/c1-3-14(4-2,9-17)8-16-13(19)10-6-5-7-11(15)12(10)18/h5-7,17-18H,3-4,8-9,15H2,1-2H3,(H,16,19). The van der Waals surface area contributed by atoms with Gasteiger partial charge in [-0.05, 0) is 25.0 Å². The molecule has 0 aliphatic carbocycles. The van der Waals surface area contributed by atoms with Crippen LogP contribution in [0.3, 0.4) is 0 Å². The Balaban J connectivity index is 2.78. The topological polar surface area (TPSA) is 95.6 Å². The van der Waals surface area contributed by atoms with Gasteiger partial charge in [0.05, 0.1) is 17.9 Å². The Hall–Kier alpha value is -1.75. The number of aliphatic hydroxyl groups is 1. The molecule has 0 unspecified atom stereocenters. The number of aliphatic hydroxyl groups excluding tert-OH is 1. The molecule has 0 aliphatic heterocycles. The van der Waals surface area contributed by atoms with Crippen LogP contribution in [0.1, 0.15) is 37.0 Å². The Morgan fingerprint density at radius 2 is 2.00 bits per heavy atom. The Morgan fingerprint density at radius 1 is 1.37 bits per heavy atom. The number of nitrogen functional groups attached to an aromatic ring is 1. The summed E-state index contributed by atoms with van der Waals surface area (Å²) in [5, 5.41) is 21.9. The van der Waals surface area contributed by atoms with Crippen LogP contribution >= 0.6 is 0 Å². The van der Waals surface area contributed by atoms with Crippen LogP contribution < -0.4 is 11.1 Å². The van der Waals surface area contributed by atoms with Crippen LogP contribution in [0.15, 0.2) is 18.2 Å². The van der Waals surface area contributed by atoms with Crippen LogP contribution in [-0.4, -0.2) is 29.3 Å². The molecule has 106 valence electrons. The SMILES string of the molecule is CCC(CC)(CO)CNC(=O)c1cccc(N)c1O. The van der Waals surface area contributed by atoms with Crippen molar-refractivity contribution in [3.63, 3.8) is 0 Å². The van der Waals surface area contributed by atoms with E-state index in [0.29, 0.717) is 6.54 Å². The molecule has 19 heavy (non-hydrogen) atoms. The van der Waals surface area contributed by atoms with Crippen molar-refractivity contribution < 1.29 is 15.0 Å². The highest BCUT2D eigenvalue weighted by Gasteiger charge is 2.26. The second kappa shape index (κ2) is 6.43. The number of amides is 1. The Bertz CT molecular complexity index is 434. The lowest BCUT2D eigenvalue weighted by molar-refractivity contribution is 0.0849. The van der Waals surface area contributed by atoms with Crippen molar-refractivity contribution in [2.45, 2.75) is 26.7 Å². The summed E-state index contributed by atoms with van der Waals surface area (Å²) in [5.74, 6) is -0.591. The highest BCUT2D eigenvalue weighted by atomic mass is 16.3. The highest BCUT2D eigenvalue weighted by Crippen LogP contribution is 2.26. The van der Waals surface area contributed by atoms with Gasteiger partial charge in [0, 0.05) is 12.0 Å². The predicted octanol–water partition coefficient (Wildman–Crippen LogP) is 1.50. The van der Waals surface area contributed by atoms with Crippen molar-refractivity contribution in [2.24, 2.45) is 5.41 Å². The van der Waals surface area contributed by atoms with E-state index >= 15 is 0 Å². The van der Waals surface area contributed by atoms with Crippen molar-refractivity contribution in [1.29, 1.82) is 0 Å². The maximum absolute atomic E-state index is 12.0. The zero-order valence-electron chi connectivity index (χ0n) is 11.4. The van der Waals surface area contributed by atoms with E-state index in [1.807, 2.05) is 13.8 Å². The maximum atomic E-state index is 12.0. The van der Waals surface area contributed by atoms with Gasteiger partial charge in [-0.15, -0.1) is 0 Å². The number of carbonyl (C=O) groups excluding carboxylic acids is 1. The molecule has 0 saturated carbocycles. The molecular weight excluding hydrogens is 244 g/mol. The number of aromatic hydroxyl groups is 1. The molecule has 1 amide bonds. The number of anilines is 1. The fourth-order valence-electron chi connectivity index (χ4n) is 1.89. The Labute approximate surface area is 113 Å². The number of para-hydroxylation sites is 1. The van der Waals surface area contributed by atoms with Gasteiger partial charge in [0.1, 0.15) is 0 Å². The lowest BCUT2D eigenvalue weighted by Crippen LogP contribution is -2.39. The molecule has 0 heterocycles. The molecule has 5 heteroatoms. The zero-order chi connectivity index (χ0) is 14.5. The fraction of sp³-hybridized carbons (Fsp3) is 0.500. The molecule has 0 aliphatic rings. The van der Waals surface area contributed by atoms with Gasteiger partial charge in [-0.3, -0.25) is 4.79 Å². The number of phenols is 1. The van der Waals surface area contributed by atoms with Crippen molar-refractivity contribution in [1.82, 2.24) is 5.32 Å². The first-order chi connectivity index (χ1) is 8.99. The van der Waals surface area contributed by atoms with E-state index in [9.17, 15) is 15.0 Å². The minimum Gasteiger partial charge on any atom is -0.505 e. The summed E-state index contributed by atoms with van der Waals surface area (Å²) in [6.45, 7) is 4.33. The summed E-state index contributed by atoms with van der Waals surface area (Å²) >= 11 is 0. The van der Waals surface area contributed by atoms with Crippen molar-refractivity contribution in [3.05, 3.63) is 23.8 Å². The molecule has 1 rings (SSSR count). The minimum atomic E-state index is -0.385. The van der Waals surface area contributed by atoms with Crippen LogP contribution in [0.25, 0.3) is 0 Å². The number of carbonyl (C=O) groups is 1. The number of nitrogens with one attached hydrogen (secondary N) is 1. The van der Waals surface area contributed by atoms with Gasteiger partial charge in [-0.1, -0.05) is 19.9 Å². The fourth-order valence-corrected chi connectivity index (χ4v) is 1.89. The summed E-state index contributed by atoms with van der Waals surface area (Å²) in [6.07, 6.45) is 1.53. The van der Waals surface area contributed by atoms with Crippen LogP contribution in [0.2, 0.25) is 0 Å². The summed E-state index contributed by atoms with van der Waals surface area (Å²) in [4.78, 5) is 12.0. The van der Waals surface area contributed by atoms with Gasteiger partial charge in [0.15, 0.2) is 5.75 Å². The number of hydrogen-bond acceptors (Lipinski definition) is 4. The average molecular weight is 266 g/mol. The molecule has 0 aromatic heterocycles. The second-order valence-electron chi connectivity index (χ2n) is 4.79. The van der Waals surface area contributed by atoms with Crippen LogP contribution in [-0.2, 0) is 0 Å². The first-order valence-corrected chi connectivity index (χ1v) is 6.46. The molecule has 1 aromatic carbocycles. The molecule has 5 nitrogen and oxygen atoms in total. The monoisotopic (exact) mass is 266 g/mol. The quantitative estimate of drug-likeness (QED) is 0.463. The highest BCUT2D eigenvalue weighted by molar-refractivity contribution is 5.98. The largest absolute Gasteiger partial charge is 0.505 e. The van der Waals surface area contributed by atoms with Crippen LogP contribution in [0, 0.1) is 5.41 Å². The summed E-state index contributed by atoms with van der Waals surface area (Å²) < 4.78 is 0. The van der Waals surface area contributed by atoms with Gasteiger partial charge in [0.25, 0.3) is 5.91 Å². The minimum absolute atomic E-state index is 0.0171. The van der Waals surface area contributed by atoms with Crippen molar-refractivity contribution in [2.75, 3.05) is 18.9 Å². The lowest BCUT2D eigenvalue weighted by Gasteiger charge is -2.29. The third-order valence-electron chi connectivity index (χ3n) is 3.77. The Morgan fingerprint density at radius 3 is 2.53 bits per heavy atom. The zero-order valence-corrected chi connectivity index (χ0v) is 11.4. The van der Waals surface area contributed by atoms with Gasteiger partial charge in [-0.2, -0.15) is 0 Å². The van der Waals surface area contributed by atoms with E-state index in [-0.39, 0.29) is 34.9 Å². The molecule has 0 fully saturated rings. The maximum Gasteiger partial charge on any atom is 0.255 e. The van der Waals surface area contributed by atoms with Crippen molar-refractivity contribution in [3.8, 4) is 5.75 Å². The van der Waals surface area contributed by atoms with Gasteiger partial charge >= 0.3 is 0 Å². The molecule has 0 bridgehead atoms. The molecule has 0 radical (unpaired) electrons. The van der Waals surface area contributed by atoms with E-state index in [2.05, 4.69) is 5.32 Å². The molecule has 5 N–H and O–H groups in total. The smallest absolute Gasteiger partial charge is 0.255 e. The number of nitrogens with two attached hydrogens (primary N) is 1. The van der Waals surface area contributed by atoms with E-state index in [1.165, 1.54) is 12.1 Å². The molecular formula is C14H22N2O3. The lowest BCUT2D eigenvalue weighted by atomic mass is 9.83. The van der Waals surface area contributed by atoms with E-state index in [1.54, 1.807) is 6.07 Å². The summed E-state index contributed by atoms with van der Waals surface area (Å²) in [7, 11) is 0.